The lowest BCUT2D eigenvalue weighted by atomic mass is 10.2. The molecule has 0 atom stereocenters. The van der Waals surface area contributed by atoms with E-state index in [0.717, 1.165) is 16.6 Å². The molecular weight excluding hydrogens is 348 g/mol. The maximum Gasteiger partial charge on any atom is 0.271 e. The number of aromatic amines is 1. The number of sulfonamides is 1. The molecule has 0 spiro atoms. The molecular formula is C16H18N2O4S2. The van der Waals surface area contributed by atoms with E-state index in [9.17, 15) is 8.42 Å². The van der Waals surface area contributed by atoms with Gasteiger partial charge in [-0.1, -0.05) is 6.07 Å². The Morgan fingerprint density at radius 2 is 2.08 bits per heavy atom. The summed E-state index contributed by atoms with van der Waals surface area (Å²) in [5.41, 5.74) is 2.13. The molecule has 2 aromatic heterocycles. The summed E-state index contributed by atoms with van der Waals surface area (Å²) in [6, 6.07) is 8.78. The van der Waals surface area contributed by atoms with E-state index in [0.29, 0.717) is 24.7 Å². The van der Waals surface area contributed by atoms with E-state index in [1.807, 2.05) is 19.1 Å². The Labute approximate surface area is 144 Å². The van der Waals surface area contributed by atoms with Crippen molar-refractivity contribution >= 4 is 38.0 Å². The zero-order chi connectivity index (χ0) is 17.2. The van der Waals surface area contributed by atoms with Crippen molar-refractivity contribution in [1.82, 2.24) is 4.98 Å². The molecule has 3 rings (SSSR count). The fourth-order valence-electron chi connectivity index (χ4n) is 2.38. The minimum Gasteiger partial charge on any atom is -0.491 e. The largest absolute Gasteiger partial charge is 0.491 e. The molecule has 0 aliphatic heterocycles. The third kappa shape index (κ3) is 3.55. The Kier molecular flexibility index (Phi) is 4.79. The summed E-state index contributed by atoms with van der Waals surface area (Å²) in [5, 5.41) is 2.61. The predicted octanol–water partition coefficient (Wildman–Crippen LogP) is 3.36. The lowest BCUT2D eigenvalue weighted by molar-refractivity contribution is 0.146. The molecule has 0 aliphatic rings. The molecule has 0 unspecified atom stereocenters. The molecule has 1 aromatic carbocycles. The first kappa shape index (κ1) is 16.8. The number of rotatable bonds is 7. The highest BCUT2D eigenvalue weighted by molar-refractivity contribution is 7.94. The molecule has 0 fully saturated rings. The topological polar surface area (TPSA) is 80.4 Å². The maximum atomic E-state index is 12.5. The Morgan fingerprint density at radius 1 is 1.25 bits per heavy atom. The van der Waals surface area contributed by atoms with Crippen LogP contribution in [0.25, 0.3) is 10.9 Å². The average molecular weight is 366 g/mol. The third-order valence-corrected chi connectivity index (χ3v) is 6.16. The van der Waals surface area contributed by atoms with Gasteiger partial charge in [-0.2, -0.15) is 0 Å². The summed E-state index contributed by atoms with van der Waals surface area (Å²) < 4.78 is 38.5. The minimum absolute atomic E-state index is 0.268. The number of hydrogen-bond acceptors (Lipinski definition) is 5. The number of benzene rings is 1. The Hall–Kier alpha value is -2.03. The molecule has 0 saturated carbocycles. The summed E-state index contributed by atoms with van der Waals surface area (Å²) in [4.78, 5) is 3.19. The van der Waals surface area contributed by atoms with Gasteiger partial charge in [-0.05, 0) is 30.5 Å². The average Bonchev–Trinajstić information content (AvgIpc) is 3.16. The number of H-pyrrole nitrogens is 1. The first-order valence-electron chi connectivity index (χ1n) is 7.31. The summed E-state index contributed by atoms with van der Waals surface area (Å²) >= 11 is 1.17. The standard InChI is InChI=1S/C16H18N2O4S2/c1-11-8-12-9-13(22-6-5-21-2)10-14(16(12)17-11)18-24(19,20)15-4-3-7-23-15/h3-4,7-10,17-18H,5-6H2,1-2H3. The quantitative estimate of drug-likeness (QED) is 0.628. The van der Waals surface area contributed by atoms with E-state index >= 15 is 0 Å². The molecule has 0 saturated heterocycles. The second-order valence-electron chi connectivity index (χ2n) is 5.27. The van der Waals surface area contributed by atoms with Crippen LogP contribution in [0.1, 0.15) is 5.69 Å². The zero-order valence-electron chi connectivity index (χ0n) is 13.3. The second kappa shape index (κ2) is 6.84. The van der Waals surface area contributed by atoms with Crippen LogP contribution >= 0.6 is 11.3 Å². The normalized spacial score (nSPS) is 11.8. The molecule has 24 heavy (non-hydrogen) atoms. The van der Waals surface area contributed by atoms with Crippen LogP contribution in [0, 0.1) is 6.92 Å². The number of hydrogen-bond donors (Lipinski definition) is 2. The summed E-state index contributed by atoms with van der Waals surface area (Å²) in [7, 11) is -2.03. The Morgan fingerprint density at radius 3 is 2.79 bits per heavy atom. The summed E-state index contributed by atoms with van der Waals surface area (Å²) in [5.74, 6) is 0.586. The lowest BCUT2D eigenvalue weighted by Crippen LogP contribution is -2.12. The number of anilines is 1. The van der Waals surface area contributed by atoms with Crippen LogP contribution in [0.3, 0.4) is 0 Å². The van der Waals surface area contributed by atoms with Crippen molar-refractivity contribution in [2.45, 2.75) is 11.1 Å². The van der Waals surface area contributed by atoms with Crippen molar-refractivity contribution in [2.24, 2.45) is 0 Å². The van der Waals surface area contributed by atoms with Crippen molar-refractivity contribution in [3.05, 3.63) is 41.4 Å². The monoisotopic (exact) mass is 366 g/mol. The van der Waals surface area contributed by atoms with E-state index in [4.69, 9.17) is 9.47 Å². The van der Waals surface area contributed by atoms with Gasteiger partial charge in [0.05, 0.1) is 17.8 Å². The molecule has 128 valence electrons. The Bertz CT molecular complexity index is 931. The number of ether oxygens (including phenoxy) is 2. The Balaban J connectivity index is 1.98. The van der Waals surface area contributed by atoms with Gasteiger partial charge < -0.3 is 14.5 Å². The number of aryl methyl sites for hydroxylation is 1. The van der Waals surface area contributed by atoms with Gasteiger partial charge in [0.15, 0.2) is 0 Å². The lowest BCUT2D eigenvalue weighted by Gasteiger charge is -2.11. The second-order valence-corrected chi connectivity index (χ2v) is 8.12. The van der Waals surface area contributed by atoms with Crippen LogP contribution in [0.4, 0.5) is 5.69 Å². The first-order chi connectivity index (χ1) is 11.5. The highest BCUT2D eigenvalue weighted by Crippen LogP contribution is 2.31. The van der Waals surface area contributed by atoms with E-state index in [2.05, 4.69) is 9.71 Å². The van der Waals surface area contributed by atoms with E-state index in [1.165, 1.54) is 11.3 Å². The van der Waals surface area contributed by atoms with Crippen LogP contribution in [0.15, 0.2) is 39.9 Å². The van der Waals surface area contributed by atoms with E-state index in [-0.39, 0.29) is 4.21 Å². The van der Waals surface area contributed by atoms with Gasteiger partial charge in [0.1, 0.15) is 16.6 Å². The van der Waals surface area contributed by atoms with Crippen molar-refractivity contribution < 1.29 is 17.9 Å². The summed E-state index contributed by atoms with van der Waals surface area (Å²) in [6.45, 7) is 2.77. The van der Waals surface area contributed by atoms with Crippen LogP contribution in [-0.2, 0) is 14.8 Å². The van der Waals surface area contributed by atoms with Crippen LogP contribution < -0.4 is 9.46 Å². The van der Waals surface area contributed by atoms with Gasteiger partial charge in [0.25, 0.3) is 10.0 Å². The smallest absolute Gasteiger partial charge is 0.271 e. The molecule has 0 radical (unpaired) electrons. The van der Waals surface area contributed by atoms with Gasteiger partial charge in [-0.15, -0.1) is 11.3 Å². The van der Waals surface area contributed by atoms with Gasteiger partial charge in [0, 0.05) is 24.3 Å². The SMILES string of the molecule is COCCOc1cc(NS(=O)(=O)c2cccs2)c2[nH]c(C)cc2c1. The highest BCUT2D eigenvalue weighted by atomic mass is 32.2. The zero-order valence-corrected chi connectivity index (χ0v) is 15.0. The van der Waals surface area contributed by atoms with Crippen molar-refractivity contribution in [2.75, 3.05) is 25.0 Å². The van der Waals surface area contributed by atoms with Gasteiger partial charge in [0.2, 0.25) is 0 Å². The number of nitrogens with one attached hydrogen (secondary N) is 2. The molecule has 2 N–H and O–H groups in total. The number of methoxy groups -OCH3 is 1. The minimum atomic E-state index is -3.63. The first-order valence-corrected chi connectivity index (χ1v) is 9.67. The molecule has 8 heteroatoms. The molecule has 0 bridgehead atoms. The number of thiophene rings is 1. The van der Waals surface area contributed by atoms with Crippen LogP contribution in [-0.4, -0.2) is 33.7 Å². The van der Waals surface area contributed by atoms with E-state index in [1.54, 1.807) is 30.7 Å². The molecule has 0 amide bonds. The fraction of sp³-hybridized carbons (Fsp3) is 0.250. The molecule has 3 aromatic rings. The number of aromatic nitrogens is 1. The van der Waals surface area contributed by atoms with Crippen LogP contribution in [0.2, 0.25) is 0 Å². The van der Waals surface area contributed by atoms with Crippen molar-refractivity contribution in [1.29, 1.82) is 0 Å². The van der Waals surface area contributed by atoms with Crippen molar-refractivity contribution in [3.63, 3.8) is 0 Å². The van der Waals surface area contributed by atoms with Gasteiger partial charge in [-0.25, -0.2) is 8.42 Å². The number of fused-ring (bicyclic) bond motifs is 1. The third-order valence-electron chi connectivity index (χ3n) is 3.40. The van der Waals surface area contributed by atoms with Gasteiger partial charge >= 0.3 is 0 Å². The fourth-order valence-corrected chi connectivity index (χ4v) is 4.43. The van der Waals surface area contributed by atoms with E-state index < -0.39 is 10.0 Å². The maximum absolute atomic E-state index is 12.5. The molecule has 2 heterocycles. The van der Waals surface area contributed by atoms with Gasteiger partial charge in [-0.3, -0.25) is 4.72 Å². The predicted molar refractivity (Wildman–Crippen MR) is 95.5 cm³/mol. The van der Waals surface area contributed by atoms with Crippen LogP contribution in [0.5, 0.6) is 5.75 Å². The highest BCUT2D eigenvalue weighted by Gasteiger charge is 2.18. The summed E-state index contributed by atoms with van der Waals surface area (Å²) in [6.07, 6.45) is 0. The van der Waals surface area contributed by atoms with Crippen molar-refractivity contribution in [3.8, 4) is 5.75 Å². The molecule has 6 nitrogen and oxygen atoms in total. The molecule has 0 aliphatic carbocycles.